The van der Waals surface area contributed by atoms with Gasteiger partial charge in [0.15, 0.2) is 0 Å². The summed E-state index contributed by atoms with van der Waals surface area (Å²) in [5.41, 5.74) is 0.229. The summed E-state index contributed by atoms with van der Waals surface area (Å²) in [6.45, 7) is 3.76. The van der Waals surface area contributed by atoms with Crippen molar-refractivity contribution >= 4 is 11.9 Å². The number of benzene rings is 1. The number of hydrogen-bond acceptors (Lipinski definition) is 4. The standard InChI is InChI=1S/C17H19FN4O3/c1-9(2)15-20-14(16(23)19-11-7-10(8-11)17(24)25)21-22(15)13-6-4-3-5-12(13)18/h3-6,9-11H,7-8H2,1-2H3,(H,19,23)(H,24,25). The number of halogens is 1. The Morgan fingerprint density at radius 1 is 1.32 bits per heavy atom. The lowest BCUT2D eigenvalue weighted by Crippen LogP contribution is -2.47. The number of carboxylic acids is 1. The zero-order valence-electron chi connectivity index (χ0n) is 13.9. The summed E-state index contributed by atoms with van der Waals surface area (Å²) in [5.74, 6) is -1.84. The summed E-state index contributed by atoms with van der Waals surface area (Å²) in [6, 6.07) is 5.96. The van der Waals surface area contributed by atoms with Crippen LogP contribution in [0.1, 0.15) is 49.1 Å². The van der Waals surface area contributed by atoms with Crippen LogP contribution in [0.25, 0.3) is 5.69 Å². The van der Waals surface area contributed by atoms with Gasteiger partial charge in [-0.3, -0.25) is 9.59 Å². The van der Waals surface area contributed by atoms with Gasteiger partial charge in [-0.2, -0.15) is 0 Å². The van der Waals surface area contributed by atoms with Crippen molar-refractivity contribution in [3.63, 3.8) is 0 Å². The normalized spacial score (nSPS) is 19.5. The third-order valence-corrected chi connectivity index (χ3v) is 4.25. The Kier molecular flexibility index (Phi) is 4.52. The lowest BCUT2D eigenvalue weighted by atomic mass is 9.80. The predicted octanol–water partition coefficient (Wildman–Crippen LogP) is 2.12. The van der Waals surface area contributed by atoms with Crippen LogP contribution in [0, 0.1) is 11.7 Å². The number of carboxylic acid groups (broad SMARTS) is 1. The van der Waals surface area contributed by atoms with Gasteiger partial charge in [0.05, 0.1) is 5.92 Å². The number of nitrogens with zero attached hydrogens (tertiary/aromatic N) is 3. The van der Waals surface area contributed by atoms with Crippen molar-refractivity contribution in [3.05, 3.63) is 41.7 Å². The summed E-state index contributed by atoms with van der Waals surface area (Å²) in [6.07, 6.45) is 0.790. The molecule has 7 nitrogen and oxygen atoms in total. The molecule has 0 bridgehead atoms. The van der Waals surface area contributed by atoms with E-state index in [1.807, 2.05) is 13.8 Å². The van der Waals surface area contributed by atoms with Crippen molar-refractivity contribution in [1.29, 1.82) is 0 Å². The van der Waals surface area contributed by atoms with Crippen molar-refractivity contribution < 1.29 is 19.1 Å². The van der Waals surface area contributed by atoms with E-state index in [1.165, 1.54) is 10.7 Å². The molecule has 2 aromatic rings. The molecule has 1 aromatic heterocycles. The molecule has 1 heterocycles. The van der Waals surface area contributed by atoms with E-state index in [-0.39, 0.29) is 23.5 Å². The second-order valence-electron chi connectivity index (χ2n) is 6.49. The smallest absolute Gasteiger partial charge is 0.306 e. The number of hydrogen-bond donors (Lipinski definition) is 2. The number of para-hydroxylation sites is 1. The van der Waals surface area contributed by atoms with Gasteiger partial charge in [-0.15, -0.1) is 5.10 Å². The lowest BCUT2D eigenvalue weighted by Gasteiger charge is -2.32. The molecule has 2 N–H and O–H groups in total. The second-order valence-corrected chi connectivity index (χ2v) is 6.49. The molecular weight excluding hydrogens is 327 g/mol. The van der Waals surface area contributed by atoms with Gasteiger partial charge in [-0.05, 0) is 25.0 Å². The molecule has 132 valence electrons. The minimum Gasteiger partial charge on any atom is -0.481 e. The molecule has 3 rings (SSSR count). The zero-order valence-corrected chi connectivity index (χ0v) is 13.9. The number of carbonyl (C=O) groups excluding carboxylic acids is 1. The molecule has 1 saturated carbocycles. The number of nitrogens with one attached hydrogen (secondary N) is 1. The number of aliphatic carboxylic acids is 1. The van der Waals surface area contributed by atoms with Crippen LogP contribution in [0.15, 0.2) is 24.3 Å². The second kappa shape index (κ2) is 6.62. The highest BCUT2D eigenvalue weighted by molar-refractivity contribution is 5.91. The molecule has 0 unspecified atom stereocenters. The molecule has 1 fully saturated rings. The molecule has 0 radical (unpaired) electrons. The maximum Gasteiger partial charge on any atom is 0.306 e. The molecule has 1 aromatic carbocycles. The van der Waals surface area contributed by atoms with E-state index in [0.717, 1.165) is 0 Å². The first-order valence-corrected chi connectivity index (χ1v) is 8.12. The minimum atomic E-state index is -0.852. The van der Waals surface area contributed by atoms with Gasteiger partial charge in [0, 0.05) is 12.0 Å². The van der Waals surface area contributed by atoms with Crippen LogP contribution >= 0.6 is 0 Å². The summed E-state index contributed by atoms with van der Waals surface area (Å²) in [5, 5.41) is 15.8. The molecule has 0 spiro atoms. The van der Waals surface area contributed by atoms with Crippen molar-refractivity contribution in [2.45, 2.75) is 38.6 Å². The molecule has 0 atom stereocenters. The Hall–Kier alpha value is -2.77. The van der Waals surface area contributed by atoms with Gasteiger partial charge in [0.1, 0.15) is 17.3 Å². The fraction of sp³-hybridized carbons (Fsp3) is 0.412. The van der Waals surface area contributed by atoms with Gasteiger partial charge < -0.3 is 10.4 Å². The Labute approximate surface area is 143 Å². The highest BCUT2D eigenvalue weighted by atomic mass is 19.1. The average molecular weight is 346 g/mol. The number of aromatic nitrogens is 3. The minimum absolute atomic E-state index is 0.0503. The van der Waals surface area contributed by atoms with E-state index in [9.17, 15) is 14.0 Å². The van der Waals surface area contributed by atoms with Gasteiger partial charge in [-0.25, -0.2) is 14.1 Å². The molecular formula is C17H19FN4O3. The summed E-state index contributed by atoms with van der Waals surface area (Å²) in [7, 11) is 0. The molecule has 8 heteroatoms. The Morgan fingerprint density at radius 3 is 2.60 bits per heavy atom. The highest BCUT2D eigenvalue weighted by Gasteiger charge is 2.36. The van der Waals surface area contributed by atoms with E-state index in [4.69, 9.17) is 5.11 Å². The maximum atomic E-state index is 14.1. The fourth-order valence-electron chi connectivity index (χ4n) is 2.78. The first kappa shape index (κ1) is 17.1. The SMILES string of the molecule is CC(C)c1nc(C(=O)NC2CC(C(=O)O)C2)nn1-c1ccccc1F. The van der Waals surface area contributed by atoms with Crippen molar-refractivity contribution in [2.24, 2.45) is 5.92 Å². The van der Waals surface area contributed by atoms with Gasteiger partial charge >= 0.3 is 5.97 Å². The van der Waals surface area contributed by atoms with Crippen LogP contribution in [0.5, 0.6) is 0 Å². The Bertz CT molecular complexity index is 812. The Morgan fingerprint density at radius 2 is 2.00 bits per heavy atom. The molecule has 1 aliphatic carbocycles. The van der Waals surface area contributed by atoms with Crippen molar-refractivity contribution in [2.75, 3.05) is 0 Å². The molecule has 1 aliphatic rings. The van der Waals surface area contributed by atoms with E-state index < -0.39 is 23.6 Å². The quantitative estimate of drug-likeness (QED) is 0.864. The van der Waals surface area contributed by atoms with Crippen molar-refractivity contribution in [3.8, 4) is 5.69 Å². The molecule has 0 aliphatic heterocycles. The number of carbonyl (C=O) groups is 2. The van der Waals surface area contributed by atoms with Gasteiger partial charge in [-0.1, -0.05) is 26.0 Å². The summed E-state index contributed by atoms with van der Waals surface area (Å²) in [4.78, 5) is 27.4. The molecule has 1 amide bonds. The Balaban J connectivity index is 1.81. The number of rotatable bonds is 5. The monoisotopic (exact) mass is 346 g/mol. The van der Waals surface area contributed by atoms with Crippen LogP contribution in [0.4, 0.5) is 4.39 Å². The van der Waals surface area contributed by atoms with Crippen LogP contribution in [0.2, 0.25) is 0 Å². The first-order chi connectivity index (χ1) is 11.9. The third-order valence-electron chi connectivity index (χ3n) is 4.25. The maximum absolute atomic E-state index is 14.1. The van der Waals surface area contributed by atoms with E-state index in [1.54, 1.807) is 18.2 Å². The lowest BCUT2D eigenvalue weighted by molar-refractivity contribution is -0.145. The van der Waals surface area contributed by atoms with Crippen molar-refractivity contribution in [1.82, 2.24) is 20.1 Å². The number of amides is 1. The topological polar surface area (TPSA) is 97.1 Å². The third kappa shape index (κ3) is 3.38. The van der Waals surface area contributed by atoms with E-state index in [0.29, 0.717) is 18.7 Å². The zero-order chi connectivity index (χ0) is 18.1. The van der Waals surface area contributed by atoms with Crippen LogP contribution in [-0.4, -0.2) is 37.8 Å². The van der Waals surface area contributed by atoms with E-state index in [2.05, 4.69) is 15.4 Å². The molecule has 25 heavy (non-hydrogen) atoms. The summed E-state index contributed by atoms with van der Waals surface area (Å²) >= 11 is 0. The van der Waals surface area contributed by atoms with E-state index >= 15 is 0 Å². The summed E-state index contributed by atoms with van der Waals surface area (Å²) < 4.78 is 15.4. The van der Waals surface area contributed by atoms with Crippen LogP contribution in [-0.2, 0) is 4.79 Å². The predicted molar refractivity (Wildman–Crippen MR) is 87.0 cm³/mol. The van der Waals surface area contributed by atoms with Crippen LogP contribution in [0.3, 0.4) is 0 Å². The van der Waals surface area contributed by atoms with Crippen LogP contribution < -0.4 is 5.32 Å². The average Bonchev–Trinajstić information content (AvgIpc) is 2.95. The first-order valence-electron chi connectivity index (χ1n) is 8.12. The fourth-order valence-corrected chi connectivity index (χ4v) is 2.78. The highest BCUT2D eigenvalue weighted by Crippen LogP contribution is 2.27. The largest absolute Gasteiger partial charge is 0.481 e. The van der Waals surface area contributed by atoms with Gasteiger partial charge in [0.25, 0.3) is 5.91 Å². The molecule has 0 saturated heterocycles. The van der Waals surface area contributed by atoms with Gasteiger partial charge in [0.2, 0.25) is 5.82 Å².